The first-order valence-corrected chi connectivity index (χ1v) is 12.9. The van der Waals surface area contributed by atoms with E-state index in [0.29, 0.717) is 32.6 Å². The molecular formula is C32H20N2O9. The summed E-state index contributed by atoms with van der Waals surface area (Å²) in [5.41, 5.74) is -0.589. The summed E-state index contributed by atoms with van der Waals surface area (Å²) in [6.45, 7) is 2.62. The Kier molecular flexibility index (Phi) is 6.15. The van der Waals surface area contributed by atoms with Crippen LogP contribution < -0.4 is 0 Å². The lowest BCUT2D eigenvalue weighted by Crippen LogP contribution is -2.19. The predicted molar refractivity (Wildman–Crippen MR) is 155 cm³/mol. The first kappa shape index (κ1) is 27.1. The van der Waals surface area contributed by atoms with Gasteiger partial charge in [-0.25, -0.2) is 19.2 Å². The van der Waals surface area contributed by atoms with Crippen molar-refractivity contribution < 1.29 is 43.7 Å². The number of hydrogen-bond acceptors (Lipinski definition) is 7. The van der Waals surface area contributed by atoms with Crippen LogP contribution in [0, 0.1) is 0 Å². The SMILES string of the molecule is CC(=O)n1c2ccccc2c2cc(C(=O)O)c(C(=O)OC(=O)c3cc4c(cc3C(=O)O)c3ccccc3n4C(C)=O)cc21. The van der Waals surface area contributed by atoms with E-state index in [1.807, 2.05) is 0 Å². The molecule has 2 N–H and O–H groups in total. The number of rotatable bonds is 4. The van der Waals surface area contributed by atoms with Gasteiger partial charge in [0.2, 0.25) is 11.8 Å². The Morgan fingerprint density at radius 3 is 1.23 bits per heavy atom. The molecule has 6 rings (SSSR count). The van der Waals surface area contributed by atoms with Gasteiger partial charge in [-0.1, -0.05) is 36.4 Å². The molecule has 0 fully saturated rings. The second-order valence-corrected chi connectivity index (χ2v) is 9.86. The molecular weight excluding hydrogens is 556 g/mol. The minimum Gasteiger partial charge on any atom is -0.478 e. The van der Waals surface area contributed by atoms with Gasteiger partial charge in [0.1, 0.15) is 0 Å². The summed E-state index contributed by atoms with van der Waals surface area (Å²) in [4.78, 5) is 76.2. The summed E-state index contributed by atoms with van der Waals surface area (Å²) in [5.74, 6) is -6.50. The summed E-state index contributed by atoms with van der Waals surface area (Å²) < 4.78 is 7.68. The van der Waals surface area contributed by atoms with E-state index in [1.165, 1.54) is 35.1 Å². The maximum Gasteiger partial charge on any atom is 0.346 e. The third-order valence-corrected chi connectivity index (χ3v) is 7.34. The molecule has 2 heterocycles. The van der Waals surface area contributed by atoms with Gasteiger partial charge >= 0.3 is 23.9 Å². The Morgan fingerprint density at radius 2 is 0.884 bits per heavy atom. The second kappa shape index (κ2) is 9.77. The molecule has 0 aliphatic heterocycles. The molecule has 0 saturated heterocycles. The van der Waals surface area contributed by atoms with Gasteiger partial charge in [-0.05, 0) is 36.4 Å². The summed E-state index contributed by atoms with van der Waals surface area (Å²) in [6.07, 6.45) is 0. The lowest BCUT2D eigenvalue weighted by atomic mass is 10.0. The third-order valence-electron chi connectivity index (χ3n) is 7.34. The first-order chi connectivity index (χ1) is 20.5. The number of carboxylic acid groups (broad SMARTS) is 2. The van der Waals surface area contributed by atoms with Crippen LogP contribution in [0.15, 0.2) is 72.8 Å². The van der Waals surface area contributed by atoms with Gasteiger partial charge in [-0.2, -0.15) is 0 Å². The zero-order valence-corrected chi connectivity index (χ0v) is 22.6. The van der Waals surface area contributed by atoms with Crippen LogP contribution in [0.4, 0.5) is 0 Å². The number of para-hydroxylation sites is 2. The number of benzene rings is 4. The van der Waals surface area contributed by atoms with Gasteiger partial charge < -0.3 is 14.9 Å². The van der Waals surface area contributed by atoms with Crippen molar-refractivity contribution in [1.82, 2.24) is 9.13 Å². The van der Waals surface area contributed by atoms with Gasteiger partial charge in [0.25, 0.3) is 0 Å². The molecule has 6 aromatic rings. The number of hydrogen-bond donors (Lipinski definition) is 2. The van der Waals surface area contributed by atoms with E-state index in [-0.39, 0.29) is 11.0 Å². The van der Waals surface area contributed by atoms with Crippen LogP contribution in [0.3, 0.4) is 0 Å². The van der Waals surface area contributed by atoms with Crippen molar-refractivity contribution in [3.8, 4) is 0 Å². The molecule has 0 aliphatic rings. The predicted octanol–water partition coefficient (Wildman–Crippen LogP) is 5.62. The number of nitrogens with zero attached hydrogens (tertiary/aromatic N) is 2. The summed E-state index contributed by atoms with van der Waals surface area (Å²) in [6, 6.07) is 18.3. The molecule has 11 heteroatoms. The number of carboxylic acids is 2. The third kappa shape index (κ3) is 4.13. The normalized spacial score (nSPS) is 11.3. The van der Waals surface area contributed by atoms with Crippen molar-refractivity contribution >= 4 is 79.3 Å². The maximum atomic E-state index is 13.3. The second-order valence-electron chi connectivity index (χ2n) is 9.86. The number of aromatic carboxylic acids is 2. The van der Waals surface area contributed by atoms with Crippen LogP contribution in [0.25, 0.3) is 43.6 Å². The topological polar surface area (TPSA) is 162 Å². The number of carbonyl (C=O) groups excluding carboxylic acids is 4. The quantitative estimate of drug-likeness (QED) is 0.200. The van der Waals surface area contributed by atoms with Gasteiger partial charge in [-0.3, -0.25) is 18.7 Å². The zero-order valence-electron chi connectivity index (χ0n) is 22.6. The fraction of sp³-hybridized carbons (Fsp3) is 0.0625. The first-order valence-electron chi connectivity index (χ1n) is 12.9. The molecule has 0 bridgehead atoms. The van der Waals surface area contributed by atoms with Crippen molar-refractivity contribution in [2.75, 3.05) is 0 Å². The number of esters is 2. The molecule has 0 unspecified atom stereocenters. The van der Waals surface area contributed by atoms with E-state index < -0.39 is 57.9 Å². The van der Waals surface area contributed by atoms with Crippen LogP contribution in [0.5, 0.6) is 0 Å². The van der Waals surface area contributed by atoms with Crippen LogP contribution in [0.2, 0.25) is 0 Å². The van der Waals surface area contributed by atoms with Crippen molar-refractivity contribution in [3.05, 3.63) is 95.1 Å². The van der Waals surface area contributed by atoms with E-state index in [1.54, 1.807) is 48.5 Å². The van der Waals surface area contributed by atoms with E-state index in [9.17, 15) is 39.0 Å². The molecule has 2 aromatic heterocycles. The molecule has 0 radical (unpaired) electrons. The molecule has 0 amide bonds. The molecule has 212 valence electrons. The number of fused-ring (bicyclic) bond motifs is 6. The molecule has 11 nitrogen and oxygen atoms in total. The van der Waals surface area contributed by atoms with Crippen LogP contribution in [-0.2, 0) is 4.74 Å². The smallest absolute Gasteiger partial charge is 0.346 e. The largest absolute Gasteiger partial charge is 0.478 e. The number of carbonyl (C=O) groups is 6. The Labute approximate surface area is 241 Å². The molecule has 0 spiro atoms. The Bertz CT molecular complexity index is 2110. The van der Waals surface area contributed by atoms with Gasteiger partial charge in [0.15, 0.2) is 0 Å². The van der Waals surface area contributed by atoms with Gasteiger partial charge in [-0.15, -0.1) is 0 Å². The summed E-state index contributed by atoms with van der Waals surface area (Å²) >= 11 is 0. The average Bonchev–Trinajstić information content (AvgIpc) is 3.47. The van der Waals surface area contributed by atoms with Crippen molar-refractivity contribution in [3.63, 3.8) is 0 Å². The fourth-order valence-corrected chi connectivity index (χ4v) is 5.59. The highest BCUT2D eigenvalue weighted by Crippen LogP contribution is 2.34. The van der Waals surface area contributed by atoms with E-state index in [0.717, 1.165) is 12.1 Å². The molecule has 43 heavy (non-hydrogen) atoms. The molecule has 0 saturated carbocycles. The fourth-order valence-electron chi connectivity index (χ4n) is 5.59. The van der Waals surface area contributed by atoms with Crippen molar-refractivity contribution in [1.29, 1.82) is 0 Å². The lowest BCUT2D eigenvalue weighted by Gasteiger charge is -2.10. The maximum absolute atomic E-state index is 13.3. The van der Waals surface area contributed by atoms with E-state index >= 15 is 0 Å². The van der Waals surface area contributed by atoms with Crippen molar-refractivity contribution in [2.24, 2.45) is 0 Å². The average molecular weight is 577 g/mol. The molecule has 0 atom stereocenters. The van der Waals surface area contributed by atoms with E-state index in [4.69, 9.17) is 4.74 Å². The lowest BCUT2D eigenvalue weighted by molar-refractivity contribution is 0.0386. The Hall–Kier alpha value is -6.10. The highest BCUT2D eigenvalue weighted by atomic mass is 16.6. The zero-order chi connectivity index (χ0) is 30.7. The van der Waals surface area contributed by atoms with E-state index in [2.05, 4.69) is 0 Å². The van der Waals surface area contributed by atoms with Gasteiger partial charge in [0.05, 0.1) is 44.3 Å². The number of aromatic nitrogens is 2. The Balaban J connectivity index is 1.50. The minimum atomic E-state index is -1.49. The molecule has 0 aliphatic carbocycles. The van der Waals surface area contributed by atoms with Crippen LogP contribution in [-0.4, -0.2) is 55.0 Å². The Morgan fingerprint density at radius 1 is 0.512 bits per heavy atom. The standard InChI is InChI=1S/C32H20N2O9/c1-15(35)33-25-9-5-3-7-17(25)19-11-21(29(37)38)23(13-27(19)33)31(41)43-32(42)24-14-28-20(12-22(24)30(39)40)18-8-4-6-10-26(18)34(28)16(2)36/h3-14H,1-2H3,(H,37,38)(H,39,40). The van der Waals surface area contributed by atoms with Crippen LogP contribution >= 0.6 is 0 Å². The number of ether oxygens (including phenoxy) is 1. The van der Waals surface area contributed by atoms with Gasteiger partial charge in [0, 0.05) is 35.4 Å². The monoisotopic (exact) mass is 576 g/mol. The highest BCUT2D eigenvalue weighted by molar-refractivity contribution is 6.20. The van der Waals surface area contributed by atoms with Crippen molar-refractivity contribution in [2.45, 2.75) is 13.8 Å². The minimum absolute atomic E-state index is 0.219. The molecule has 4 aromatic carbocycles. The highest BCUT2D eigenvalue weighted by Gasteiger charge is 2.28. The summed E-state index contributed by atoms with van der Waals surface area (Å²) in [7, 11) is 0. The van der Waals surface area contributed by atoms with Crippen LogP contribution in [0.1, 0.15) is 64.9 Å². The summed E-state index contributed by atoms with van der Waals surface area (Å²) in [5, 5.41) is 21.8.